The van der Waals surface area contributed by atoms with E-state index in [1.165, 1.54) is 21.8 Å². The van der Waals surface area contributed by atoms with Gasteiger partial charge in [-0.25, -0.2) is 4.39 Å². The van der Waals surface area contributed by atoms with Crippen molar-refractivity contribution in [2.75, 3.05) is 14.2 Å². The van der Waals surface area contributed by atoms with Crippen LogP contribution in [0, 0.1) is 5.82 Å². The van der Waals surface area contributed by atoms with E-state index >= 15 is 0 Å². The molecule has 0 saturated heterocycles. The van der Waals surface area contributed by atoms with Gasteiger partial charge in [0.1, 0.15) is 29.9 Å². The van der Waals surface area contributed by atoms with E-state index in [-0.39, 0.29) is 25.0 Å². The summed E-state index contributed by atoms with van der Waals surface area (Å²) in [6.45, 7) is -0.142. The predicted molar refractivity (Wildman–Crippen MR) is 158 cm³/mol. The van der Waals surface area contributed by atoms with Crippen LogP contribution in [0.15, 0.2) is 72.8 Å². The second-order valence-corrected chi connectivity index (χ2v) is 10.5. The molecule has 1 aliphatic rings. The third-order valence-electron chi connectivity index (χ3n) is 7.61. The Balaban J connectivity index is 1.46. The number of carbonyl (C=O) groups is 2. The number of ether oxygens (including phenoxy) is 2. The molecule has 0 radical (unpaired) electrons. The summed E-state index contributed by atoms with van der Waals surface area (Å²) in [6, 6.07) is 19.2. The quantitative estimate of drug-likeness (QED) is 0.271. The van der Waals surface area contributed by atoms with Gasteiger partial charge in [-0.3, -0.25) is 9.59 Å². The van der Waals surface area contributed by atoms with Crippen LogP contribution in [-0.4, -0.2) is 57.2 Å². The number of aromatic nitrogens is 4. The Morgan fingerprint density at radius 1 is 0.930 bits per heavy atom. The molecule has 0 bridgehead atoms. The summed E-state index contributed by atoms with van der Waals surface area (Å²) in [6.07, 6.45) is 4.97. The number of amides is 2. The van der Waals surface area contributed by atoms with Gasteiger partial charge in [0.25, 0.3) is 0 Å². The van der Waals surface area contributed by atoms with Crippen molar-refractivity contribution < 1.29 is 23.5 Å². The van der Waals surface area contributed by atoms with E-state index < -0.39 is 17.8 Å². The van der Waals surface area contributed by atoms with Crippen LogP contribution in [0.2, 0.25) is 0 Å². The standard InChI is InChI=1S/C32H35FN6O4/c1-42-27-16-8-22(9-17-27)20-38(29(40)21-39-36-31(35-37-39)24-12-18-28(43-2)19-13-24)30(23-10-14-25(33)15-11-23)32(41)34-26-6-4-3-5-7-26/h8-19,26,30H,3-7,20-21H2,1-2H3,(H,34,41)/t30-/m0/s1. The maximum absolute atomic E-state index is 14.0. The summed E-state index contributed by atoms with van der Waals surface area (Å²) in [5, 5.41) is 15.8. The van der Waals surface area contributed by atoms with Gasteiger partial charge >= 0.3 is 0 Å². The maximum atomic E-state index is 14.0. The monoisotopic (exact) mass is 586 g/mol. The topological polar surface area (TPSA) is 111 Å². The molecule has 1 aromatic heterocycles. The molecule has 1 saturated carbocycles. The Morgan fingerprint density at radius 3 is 2.19 bits per heavy atom. The van der Waals surface area contributed by atoms with Crippen LogP contribution < -0.4 is 14.8 Å². The zero-order chi connectivity index (χ0) is 30.2. The van der Waals surface area contributed by atoms with E-state index in [4.69, 9.17) is 9.47 Å². The molecule has 2 amide bonds. The number of carbonyl (C=O) groups excluding carboxylic acids is 2. The van der Waals surface area contributed by atoms with Gasteiger partial charge in [-0.15, -0.1) is 10.2 Å². The number of rotatable bonds is 11. The highest BCUT2D eigenvalue weighted by molar-refractivity contribution is 5.89. The van der Waals surface area contributed by atoms with Gasteiger partial charge in [0.15, 0.2) is 0 Å². The number of hydrogen-bond acceptors (Lipinski definition) is 7. The number of hydrogen-bond donors (Lipinski definition) is 1. The van der Waals surface area contributed by atoms with Crippen molar-refractivity contribution in [3.63, 3.8) is 0 Å². The second kappa shape index (κ2) is 13.9. The molecule has 1 aliphatic carbocycles. The van der Waals surface area contributed by atoms with E-state index in [1.54, 1.807) is 62.8 Å². The van der Waals surface area contributed by atoms with Crippen LogP contribution in [0.3, 0.4) is 0 Å². The summed E-state index contributed by atoms with van der Waals surface area (Å²) in [5.41, 5.74) is 2.00. The number of tetrazole rings is 1. The fourth-order valence-corrected chi connectivity index (χ4v) is 5.27. The van der Waals surface area contributed by atoms with Gasteiger partial charge < -0.3 is 19.7 Å². The van der Waals surface area contributed by atoms with E-state index in [0.717, 1.165) is 37.7 Å². The summed E-state index contributed by atoms with van der Waals surface area (Å²) in [5.74, 6) is 0.570. The molecule has 1 N–H and O–H groups in total. The molecule has 3 aromatic carbocycles. The smallest absolute Gasteiger partial charge is 0.247 e. The third kappa shape index (κ3) is 7.54. The van der Waals surface area contributed by atoms with Crippen LogP contribution in [0.1, 0.15) is 49.3 Å². The number of benzene rings is 3. The molecular weight excluding hydrogens is 551 g/mol. The molecule has 224 valence electrons. The van der Waals surface area contributed by atoms with E-state index in [0.29, 0.717) is 28.5 Å². The molecule has 43 heavy (non-hydrogen) atoms. The Morgan fingerprint density at radius 2 is 1.56 bits per heavy atom. The molecule has 0 aliphatic heterocycles. The van der Waals surface area contributed by atoms with Crippen molar-refractivity contribution >= 4 is 11.8 Å². The highest BCUT2D eigenvalue weighted by Crippen LogP contribution is 2.27. The SMILES string of the molecule is COc1ccc(CN(C(=O)Cn2nnc(-c3ccc(OC)cc3)n2)[C@H](C(=O)NC2CCCCC2)c2ccc(F)cc2)cc1. The van der Waals surface area contributed by atoms with Crippen molar-refractivity contribution in [3.05, 3.63) is 89.7 Å². The highest BCUT2D eigenvalue weighted by Gasteiger charge is 2.33. The first kappa shape index (κ1) is 29.7. The van der Waals surface area contributed by atoms with E-state index in [9.17, 15) is 14.0 Å². The van der Waals surface area contributed by atoms with E-state index in [1.807, 2.05) is 12.1 Å². The molecule has 5 rings (SSSR count). The molecule has 0 unspecified atom stereocenters. The average Bonchev–Trinajstić information content (AvgIpc) is 3.51. The van der Waals surface area contributed by atoms with Crippen molar-refractivity contribution in [2.45, 2.75) is 57.3 Å². The number of methoxy groups -OCH3 is 2. The van der Waals surface area contributed by atoms with Crippen LogP contribution in [0.5, 0.6) is 11.5 Å². The largest absolute Gasteiger partial charge is 0.497 e. The lowest BCUT2D eigenvalue weighted by atomic mass is 9.94. The lowest BCUT2D eigenvalue weighted by Crippen LogP contribution is -2.47. The van der Waals surface area contributed by atoms with Crippen LogP contribution in [0.25, 0.3) is 11.4 Å². The number of nitrogens with one attached hydrogen (secondary N) is 1. The molecule has 1 atom stereocenters. The number of halogens is 1. The zero-order valence-electron chi connectivity index (χ0n) is 24.3. The maximum Gasteiger partial charge on any atom is 0.247 e. The fourth-order valence-electron chi connectivity index (χ4n) is 5.27. The van der Waals surface area contributed by atoms with Crippen LogP contribution >= 0.6 is 0 Å². The van der Waals surface area contributed by atoms with E-state index in [2.05, 4.69) is 20.7 Å². The highest BCUT2D eigenvalue weighted by atomic mass is 19.1. The fraction of sp³-hybridized carbons (Fsp3) is 0.344. The Kier molecular flexibility index (Phi) is 9.60. The first-order chi connectivity index (χ1) is 20.9. The van der Waals surface area contributed by atoms with Crippen LogP contribution in [0.4, 0.5) is 4.39 Å². The third-order valence-corrected chi connectivity index (χ3v) is 7.61. The molecule has 4 aromatic rings. The van der Waals surface area contributed by atoms with Gasteiger partial charge in [-0.05, 0) is 77.7 Å². The predicted octanol–water partition coefficient (Wildman–Crippen LogP) is 4.72. The molecule has 1 heterocycles. The average molecular weight is 587 g/mol. The summed E-state index contributed by atoms with van der Waals surface area (Å²) >= 11 is 0. The first-order valence-electron chi connectivity index (χ1n) is 14.3. The van der Waals surface area contributed by atoms with Gasteiger partial charge in [-0.2, -0.15) is 4.80 Å². The summed E-state index contributed by atoms with van der Waals surface area (Å²) in [7, 11) is 3.16. The van der Waals surface area contributed by atoms with Gasteiger partial charge in [0.05, 0.1) is 14.2 Å². The van der Waals surface area contributed by atoms with Crippen molar-refractivity contribution in [1.29, 1.82) is 0 Å². The lowest BCUT2D eigenvalue weighted by molar-refractivity contribution is -0.142. The van der Waals surface area contributed by atoms with Crippen LogP contribution in [-0.2, 0) is 22.7 Å². The molecule has 1 fully saturated rings. The van der Waals surface area contributed by atoms with Gasteiger partial charge in [-0.1, -0.05) is 43.5 Å². The normalized spacial score (nSPS) is 14.1. The van der Waals surface area contributed by atoms with Crippen molar-refractivity contribution in [3.8, 4) is 22.9 Å². The number of nitrogens with zero attached hydrogens (tertiary/aromatic N) is 5. The lowest BCUT2D eigenvalue weighted by Gasteiger charge is -2.33. The summed E-state index contributed by atoms with van der Waals surface area (Å²) < 4.78 is 24.4. The molecule has 11 heteroatoms. The van der Waals surface area contributed by atoms with Gasteiger partial charge in [0.2, 0.25) is 17.6 Å². The Hall–Kier alpha value is -4.80. The zero-order valence-corrected chi connectivity index (χ0v) is 24.3. The summed E-state index contributed by atoms with van der Waals surface area (Å²) in [4.78, 5) is 30.7. The first-order valence-corrected chi connectivity index (χ1v) is 14.3. The minimum absolute atomic E-state index is 0.0196. The van der Waals surface area contributed by atoms with Crippen molar-refractivity contribution in [1.82, 2.24) is 30.4 Å². The van der Waals surface area contributed by atoms with Crippen molar-refractivity contribution in [2.24, 2.45) is 0 Å². The Labute approximate surface area is 249 Å². The molecule has 0 spiro atoms. The minimum Gasteiger partial charge on any atom is -0.497 e. The molecule has 10 nitrogen and oxygen atoms in total. The Bertz CT molecular complexity index is 1500. The molecular formula is C32H35FN6O4. The second-order valence-electron chi connectivity index (χ2n) is 10.5. The van der Waals surface area contributed by atoms with Gasteiger partial charge in [0, 0.05) is 18.2 Å². The minimum atomic E-state index is -1.01.